The third-order valence-corrected chi connectivity index (χ3v) is 6.36. The molecule has 0 bridgehead atoms. The van der Waals surface area contributed by atoms with Crippen LogP contribution in [0.25, 0.3) is 0 Å². The van der Waals surface area contributed by atoms with Crippen LogP contribution in [0.2, 0.25) is 0 Å². The highest BCUT2D eigenvalue weighted by atomic mass is 32.2. The molecule has 8 heteroatoms. The first-order chi connectivity index (χ1) is 11.0. The summed E-state index contributed by atoms with van der Waals surface area (Å²) in [7, 11) is -3.57. The molecular weight excluding hydrogens is 320 g/mol. The van der Waals surface area contributed by atoms with Gasteiger partial charge < -0.3 is 14.5 Å². The standard InChI is InChI=1S/C15H22N2O5S/c1-11-14(23(19,20)17-5-2-3-6-17)8-13(22-11)15(18)16-9-12-4-7-21-10-12/h8,12H,2-7,9-10H2,1H3,(H,16,18)/t12-/m0/s1. The first-order valence-electron chi connectivity index (χ1n) is 7.95. The summed E-state index contributed by atoms with van der Waals surface area (Å²) in [4.78, 5) is 12.3. The number of nitrogens with zero attached hydrogens (tertiary/aromatic N) is 1. The van der Waals surface area contributed by atoms with Gasteiger partial charge in [-0.1, -0.05) is 0 Å². The summed E-state index contributed by atoms with van der Waals surface area (Å²) in [6.07, 6.45) is 2.66. The molecule has 1 aromatic heterocycles. The lowest BCUT2D eigenvalue weighted by Gasteiger charge is -2.14. The molecule has 0 spiro atoms. The molecule has 2 aliphatic heterocycles. The molecule has 1 N–H and O–H groups in total. The van der Waals surface area contributed by atoms with Crippen LogP contribution < -0.4 is 5.32 Å². The van der Waals surface area contributed by atoms with Gasteiger partial charge in [-0.3, -0.25) is 4.79 Å². The average molecular weight is 342 g/mol. The number of hydrogen-bond donors (Lipinski definition) is 1. The second-order valence-corrected chi connectivity index (χ2v) is 7.99. The van der Waals surface area contributed by atoms with Crippen LogP contribution in [0.1, 0.15) is 35.6 Å². The van der Waals surface area contributed by atoms with Crippen molar-refractivity contribution in [1.29, 1.82) is 0 Å². The summed E-state index contributed by atoms with van der Waals surface area (Å²) < 4.78 is 37.2. The van der Waals surface area contributed by atoms with Crippen LogP contribution >= 0.6 is 0 Å². The van der Waals surface area contributed by atoms with E-state index in [-0.39, 0.29) is 22.3 Å². The van der Waals surface area contributed by atoms with E-state index in [9.17, 15) is 13.2 Å². The van der Waals surface area contributed by atoms with Crippen molar-refractivity contribution in [2.45, 2.75) is 31.1 Å². The molecule has 1 atom stereocenters. The fourth-order valence-electron chi connectivity index (χ4n) is 2.97. The second-order valence-electron chi connectivity index (χ2n) is 6.08. The Labute approximate surface area is 136 Å². The summed E-state index contributed by atoms with van der Waals surface area (Å²) in [6.45, 7) is 4.49. The fraction of sp³-hybridized carbons (Fsp3) is 0.667. The highest BCUT2D eigenvalue weighted by Gasteiger charge is 2.31. The number of sulfonamides is 1. The first-order valence-corrected chi connectivity index (χ1v) is 9.39. The number of aryl methyl sites for hydroxylation is 1. The lowest BCUT2D eigenvalue weighted by atomic mass is 10.1. The van der Waals surface area contributed by atoms with Gasteiger partial charge in [0, 0.05) is 38.2 Å². The van der Waals surface area contributed by atoms with Crippen LogP contribution in [0.4, 0.5) is 0 Å². The molecule has 1 amide bonds. The number of carbonyl (C=O) groups excluding carboxylic acids is 1. The number of ether oxygens (including phenoxy) is 1. The minimum atomic E-state index is -3.57. The van der Waals surface area contributed by atoms with Crippen molar-refractivity contribution in [3.8, 4) is 0 Å². The zero-order valence-corrected chi connectivity index (χ0v) is 14.0. The van der Waals surface area contributed by atoms with E-state index in [1.165, 1.54) is 10.4 Å². The van der Waals surface area contributed by atoms with E-state index in [4.69, 9.17) is 9.15 Å². The molecule has 7 nitrogen and oxygen atoms in total. The number of hydrogen-bond acceptors (Lipinski definition) is 5. The SMILES string of the molecule is Cc1oc(C(=O)NC[C@@H]2CCOC2)cc1S(=O)(=O)N1CCCC1. The van der Waals surface area contributed by atoms with E-state index in [1.807, 2.05) is 0 Å². The molecule has 1 aromatic rings. The Morgan fingerprint density at radius 1 is 1.39 bits per heavy atom. The fourth-order valence-corrected chi connectivity index (χ4v) is 4.65. The van der Waals surface area contributed by atoms with E-state index in [0.717, 1.165) is 25.9 Å². The van der Waals surface area contributed by atoms with Gasteiger partial charge in [-0.05, 0) is 26.2 Å². The van der Waals surface area contributed by atoms with Crippen molar-refractivity contribution in [1.82, 2.24) is 9.62 Å². The highest BCUT2D eigenvalue weighted by Crippen LogP contribution is 2.26. The highest BCUT2D eigenvalue weighted by molar-refractivity contribution is 7.89. The van der Waals surface area contributed by atoms with Gasteiger partial charge in [0.25, 0.3) is 5.91 Å². The van der Waals surface area contributed by atoms with Crippen LogP contribution in [-0.2, 0) is 14.8 Å². The number of amides is 1. The van der Waals surface area contributed by atoms with Crippen molar-refractivity contribution in [3.63, 3.8) is 0 Å². The van der Waals surface area contributed by atoms with Gasteiger partial charge in [0.15, 0.2) is 5.76 Å². The summed E-state index contributed by atoms with van der Waals surface area (Å²) in [5.41, 5.74) is 0. The molecule has 2 aliphatic rings. The Balaban J connectivity index is 1.71. The molecule has 0 radical (unpaired) electrons. The van der Waals surface area contributed by atoms with Gasteiger partial charge in [0.1, 0.15) is 10.7 Å². The summed E-state index contributed by atoms with van der Waals surface area (Å²) in [5, 5.41) is 2.78. The van der Waals surface area contributed by atoms with E-state index in [2.05, 4.69) is 5.32 Å². The zero-order chi connectivity index (χ0) is 16.4. The van der Waals surface area contributed by atoms with Crippen molar-refractivity contribution < 1.29 is 22.4 Å². The largest absolute Gasteiger partial charge is 0.455 e. The normalized spacial score (nSPS) is 22.6. The van der Waals surface area contributed by atoms with Crippen molar-refractivity contribution in [3.05, 3.63) is 17.6 Å². The summed E-state index contributed by atoms with van der Waals surface area (Å²) >= 11 is 0. The third-order valence-electron chi connectivity index (χ3n) is 4.35. The third kappa shape index (κ3) is 3.44. The van der Waals surface area contributed by atoms with E-state index >= 15 is 0 Å². The molecule has 3 rings (SSSR count). The van der Waals surface area contributed by atoms with Gasteiger partial charge in [-0.25, -0.2) is 8.42 Å². The smallest absolute Gasteiger partial charge is 0.287 e. The summed E-state index contributed by atoms with van der Waals surface area (Å²) in [6, 6.07) is 1.34. The maximum atomic E-state index is 12.6. The predicted octanol–water partition coefficient (Wildman–Crippen LogP) is 1.14. The van der Waals surface area contributed by atoms with Crippen LogP contribution in [0.15, 0.2) is 15.4 Å². The topological polar surface area (TPSA) is 88.8 Å². The average Bonchev–Trinajstić information content (AvgIpc) is 3.25. The Kier molecular flexibility index (Phi) is 4.74. The van der Waals surface area contributed by atoms with Crippen molar-refractivity contribution in [2.75, 3.05) is 32.8 Å². The van der Waals surface area contributed by atoms with Gasteiger partial charge >= 0.3 is 0 Å². The Bertz CT molecular complexity index is 670. The zero-order valence-electron chi connectivity index (χ0n) is 13.2. The first kappa shape index (κ1) is 16.5. The van der Waals surface area contributed by atoms with Crippen molar-refractivity contribution in [2.24, 2.45) is 5.92 Å². The quantitative estimate of drug-likeness (QED) is 0.867. The number of rotatable bonds is 5. The number of furan rings is 1. The maximum Gasteiger partial charge on any atom is 0.287 e. The second kappa shape index (κ2) is 6.62. The molecule has 23 heavy (non-hydrogen) atoms. The van der Waals surface area contributed by atoms with E-state index in [1.54, 1.807) is 6.92 Å². The molecular formula is C15H22N2O5S. The molecule has 0 unspecified atom stereocenters. The lowest BCUT2D eigenvalue weighted by Crippen LogP contribution is -2.29. The van der Waals surface area contributed by atoms with Crippen LogP contribution in [0, 0.1) is 12.8 Å². The van der Waals surface area contributed by atoms with Gasteiger partial charge in [-0.2, -0.15) is 4.31 Å². The number of nitrogens with one attached hydrogen (secondary N) is 1. The Morgan fingerprint density at radius 2 is 2.13 bits per heavy atom. The molecule has 128 valence electrons. The van der Waals surface area contributed by atoms with E-state index < -0.39 is 10.0 Å². The van der Waals surface area contributed by atoms with Crippen LogP contribution in [0.5, 0.6) is 0 Å². The summed E-state index contributed by atoms with van der Waals surface area (Å²) in [5.74, 6) is 0.219. The maximum absolute atomic E-state index is 12.6. The molecule has 0 aliphatic carbocycles. The van der Waals surface area contributed by atoms with Crippen LogP contribution in [0.3, 0.4) is 0 Å². The minimum Gasteiger partial charge on any atom is -0.455 e. The molecule has 0 aromatic carbocycles. The Morgan fingerprint density at radius 3 is 2.78 bits per heavy atom. The molecule has 0 saturated carbocycles. The molecule has 3 heterocycles. The monoisotopic (exact) mass is 342 g/mol. The van der Waals surface area contributed by atoms with Gasteiger partial charge in [-0.15, -0.1) is 0 Å². The van der Waals surface area contributed by atoms with Gasteiger partial charge in [0.2, 0.25) is 10.0 Å². The van der Waals surface area contributed by atoms with Crippen molar-refractivity contribution >= 4 is 15.9 Å². The van der Waals surface area contributed by atoms with E-state index in [0.29, 0.717) is 32.2 Å². The Hall–Kier alpha value is -1.38. The molecule has 2 saturated heterocycles. The lowest BCUT2D eigenvalue weighted by molar-refractivity contribution is 0.0916. The number of carbonyl (C=O) groups is 1. The van der Waals surface area contributed by atoms with Gasteiger partial charge in [0.05, 0.1) is 6.61 Å². The predicted molar refractivity (Wildman–Crippen MR) is 82.7 cm³/mol. The van der Waals surface area contributed by atoms with Crippen LogP contribution in [-0.4, -0.2) is 51.5 Å². The minimum absolute atomic E-state index is 0.0409. The molecule has 2 fully saturated rings.